The van der Waals surface area contributed by atoms with Gasteiger partial charge in [-0.2, -0.15) is 0 Å². The number of hydrogen-bond donors (Lipinski definition) is 1. The zero-order valence-corrected chi connectivity index (χ0v) is 15.1. The van der Waals surface area contributed by atoms with E-state index in [1.54, 1.807) is 6.92 Å². The molecule has 1 N–H and O–H groups in total. The SMILES string of the molecule is C=C1C(=O)O[C@H]2C[C@@H]1C(=O)CC(C)CCC/C(C)=C/CC[C@@]2(C)O. The standard InChI is InChI=1S/C20H30O4/c1-13-7-5-8-14(2)11-17(21)16-12-18(24-19(22)15(16)3)20(4,23)10-6-9-13/h9,14,16,18,23H,3,5-8,10-12H2,1-2,4H3/b13-9+/t14?,16-,18-,20+/m0/s1. The molecule has 0 spiro atoms. The summed E-state index contributed by atoms with van der Waals surface area (Å²) in [5.41, 5.74) is 0.414. The molecular formula is C20H30O4. The Labute approximate surface area is 145 Å². The molecule has 4 atom stereocenters. The van der Waals surface area contributed by atoms with Gasteiger partial charge in [0.2, 0.25) is 0 Å². The fraction of sp³-hybridized carbons (Fsp3) is 0.700. The van der Waals surface area contributed by atoms with Gasteiger partial charge in [-0.15, -0.1) is 0 Å². The fourth-order valence-electron chi connectivity index (χ4n) is 3.65. The van der Waals surface area contributed by atoms with E-state index in [9.17, 15) is 14.7 Å². The van der Waals surface area contributed by atoms with Crippen LogP contribution in [0.3, 0.4) is 0 Å². The second kappa shape index (κ2) is 7.64. The highest BCUT2D eigenvalue weighted by Gasteiger charge is 2.44. The summed E-state index contributed by atoms with van der Waals surface area (Å²) in [7, 11) is 0. The molecule has 2 rings (SSSR count). The molecule has 4 heteroatoms. The van der Waals surface area contributed by atoms with Gasteiger partial charge in [0.05, 0.1) is 11.5 Å². The Morgan fingerprint density at radius 2 is 2.08 bits per heavy atom. The van der Waals surface area contributed by atoms with Crippen LogP contribution >= 0.6 is 0 Å². The van der Waals surface area contributed by atoms with Crippen molar-refractivity contribution in [1.29, 1.82) is 0 Å². The molecule has 1 unspecified atom stereocenters. The van der Waals surface area contributed by atoms with Crippen molar-refractivity contribution in [3.05, 3.63) is 23.8 Å². The number of Topliss-reactive ketones (excluding diaryl/α,β-unsaturated/α-hetero) is 1. The molecule has 0 aromatic rings. The first kappa shape index (κ1) is 18.9. The third-order valence-corrected chi connectivity index (χ3v) is 5.43. The van der Waals surface area contributed by atoms with E-state index in [-0.39, 0.29) is 17.3 Å². The Morgan fingerprint density at radius 1 is 1.38 bits per heavy atom. The second-order valence-corrected chi connectivity index (χ2v) is 7.82. The average molecular weight is 334 g/mol. The molecule has 2 aliphatic rings. The maximum Gasteiger partial charge on any atom is 0.334 e. The minimum Gasteiger partial charge on any atom is -0.456 e. The maximum absolute atomic E-state index is 12.7. The minimum atomic E-state index is -1.14. The molecule has 1 aliphatic heterocycles. The largest absolute Gasteiger partial charge is 0.456 e. The number of ketones is 1. The Bertz CT molecular complexity index is 544. The molecule has 1 aliphatic carbocycles. The van der Waals surface area contributed by atoms with Crippen LogP contribution in [0.1, 0.15) is 65.7 Å². The van der Waals surface area contributed by atoms with Gasteiger partial charge in [-0.05, 0) is 51.9 Å². The molecule has 0 aromatic heterocycles. The molecule has 1 saturated heterocycles. The highest BCUT2D eigenvalue weighted by molar-refractivity contribution is 5.98. The van der Waals surface area contributed by atoms with Gasteiger partial charge in [0.25, 0.3) is 0 Å². The van der Waals surface area contributed by atoms with Gasteiger partial charge < -0.3 is 9.84 Å². The topological polar surface area (TPSA) is 63.6 Å². The van der Waals surface area contributed by atoms with Crippen LogP contribution in [0.2, 0.25) is 0 Å². The normalized spacial score (nSPS) is 38.8. The van der Waals surface area contributed by atoms with Crippen LogP contribution in [-0.4, -0.2) is 28.6 Å². The van der Waals surface area contributed by atoms with Crippen LogP contribution in [0, 0.1) is 11.8 Å². The number of carbonyl (C=O) groups excluding carboxylic acids is 2. The number of fused-ring (bicyclic) bond motifs is 2. The number of hydrogen-bond acceptors (Lipinski definition) is 4. The number of allylic oxidation sites excluding steroid dienone is 2. The highest BCUT2D eigenvalue weighted by Crippen LogP contribution is 2.35. The average Bonchev–Trinajstić information content (AvgIpc) is 2.48. The summed E-state index contributed by atoms with van der Waals surface area (Å²) in [6.45, 7) is 9.65. The van der Waals surface area contributed by atoms with Crippen molar-refractivity contribution >= 4 is 11.8 Å². The number of ether oxygens (including phenoxy) is 1. The number of aliphatic hydroxyl groups is 1. The van der Waals surface area contributed by atoms with E-state index >= 15 is 0 Å². The van der Waals surface area contributed by atoms with Gasteiger partial charge in [0.1, 0.15) is 11.9 Å². The first-order valence-corrected chi connectivity index (χ1v) is 9.01. The van der Waals surface area contributed by atoms with Crippen LogP contribution in [0.4, 0.5) is 0 Å². The summed E-state index contributed by atoms with van der Waals surface area (Å²) < 4.78 is 5.39. The van der Waals surface area contributed by atoms with E-state index in [0.29, 0.717) is 19.3 Å². The zero-order valence-electron chi connectivity index (χ0n) is 15.1. The molecule has 0 saturated carbocycles. The van der Waals surface area contributed by atoms with Gasteiger partial charge in [-0.3, -0.25) is 4.79 Å². The summed E-state index contributed by atoms with van der Waals surface area (Å²) in [6.07, 6.45) is 6.63. The molecule has 4 nitrogen and oxygen atoms in total. The van der Waals surface area contributed by atoms with Gasteiger partial charge in [-0.1, -0.05) is 25.2 Å². The number of rotatable bonds is 0. The van der Waals surface area contributed by atoms with E-state index in [1.807, 2.05) is 0 Å². The highest BCUT2D eigenvalue weighted by atomic mass is 16.6. The van der Waals surface area contributed by atoms with Crippen LogP contribution < -0.4 is 0 Å². The molecule has 1 heterocycles. The van der Waals surface area contributed by atoms with Crippen LogP contribution in [0.5, 0.6) is 0 Å². The minimum absolute atomic E-state index is 0.0503. The molecule has 0 radical (unpaired) electrons. The second-order valence-electron chi connectivity index (χ2n) is 7.82. The van der Waals surface area contributed by atoms with Crippen LogP contribution in [0.15, 0.2) is 23.8 Å². The van der Waals surface area contributed by atoms with Crippen molar-refractivity contribution in [3.63, 3.8) is 0 Å². The monoisotopic (exact) mass is 334 g/mol. The lowest BCUT2D eigenvalue weighted by atomic mass is 9.78. The van der Waals surface area contributed by atoms with E-state index < -0.39 is 23.6 Å². The number of carbonyl (C=O) groups is 2. The molecule has 24 heavy (non-hydrogen) atoms. The quantitative estimate of drug-likeness (QED) is 0.416. The Morgan fingerprint density at radius 3 is 2.79 bits per heavy atom. The van der Waals surface area contributed by atoms with Crippen LogP contribution in [-0.2, 0) is 14.3 Å². The van der Waals surface area contributed by atoms with Crippen molar-refractivity contribution in [1.82, 2.24) is 0 Å². The van der Waals surface area contributed by atoms with Crippen molar-refractivity contribution in [2.75, 3.05) is 0 Å². The maximum atomic E-state index is 12.7. The van der Waals surface area contributed by atoms with Crippen molar-refractivity contribution < 1.29 is 19.4 Å². The summed E-state index contributed by atoms with van der Waals surface area (Å²) in [5.74, 6) is -0.728. The first-order chi connectivity index (χ1) is 11.2. The van der Waals surface area contributed by atoms with Crippen LogP contribution in [0.25, 0.3) is 0 Å². The van der Waals surface area contributed by atoms with Crippen molar-refractivity contribution in [3.8, 4) is 0 Å². The molecule has 134 valence electrons. The summed E-state index contributed by atoms with van der Waals surface area (Å²) in [6, 6.07) is 0. The summed E-state index contributed by atoms with van der Waals surface area (Å²) in [4.78, 5) is 24.8. The lowest BCUT2D eigenvalue weighted by molar-refractivity contribution is -0.169. The first-order valence-electron chi connectivity index (χ1n) is 9.01. The molecule has 1 fully saturated rings. The Hall–Kier alpha value is -1.42. The van der Waals surface area contributed by atoms with Gasteiger partial charge in [-0.25, -0.2) is 4.79 Å². The molecule has 0 amide bonds. The number of esters is 1. The van der Waals surface area contributed by atoms with Gasteiger partial charge in [0.15, 0.2) is 0 Å². The van der Waals surface area contributed by atoms with Gasteiger partial charge >= 0.3 is 5.97 Å². The van der Waals surface area contributed by atoms with E-state index in [0.717, 1.165) is 25.7 Å². The van der Waals surface area contributed by atoms with E-state index in [1.165, 1.54) is 5.57 Å². The Balaban J connectivity index is 2.25. The van der Waals surface area contributed by atoms with Crippen molar-refractivity contribution in [2.24, 2.45) is 11.8 Å². The zero-order chi connectivity index (χ0) is 17.9. The predicted molar refractivity (Wildman–Crippen MR) is 93.4 cm³/mol. The van der Waals surface area contributed by atoms with E-state index in [2.05, 4.69) is 26.5 Å². The molecule has 2 bridgehead atoms. The summed E-state index contributed by atoms with van der Waals surface area (Å²) in [5, 5.41) is 10.8. The summed E-state index contributed by atoms with van der Waals surface area (Å²) >= 11 is 0. The van der Waals surface area contributed by atoms with Crippen molar-refractivity contribution in [2.45, 2.75) is 77.4 Å². The predicted octanol–water partition coefficient (Wildman–Crippen LogP) is 3.73. The lowest BCUT2D eigenvalue weighted by Gasteiger charge is -2.38. The smallest absolute Gasteiger partial charge is 0.334 e. The lowest BCUT2D eigenvalue weighted by Crippen LogP contribution is -2.48. The van der Waals surface area contributed by atoms with Gasteiger partial charge in [0, 0.05) is 18.4 Å². The molecular weight excluding hydrogens is 304 g/mol. The third kappa shape index (κ3) is 4.56. The Kier molecular flexibility index (Phi) is 6.02. The molecule has 0 aromatic carbocycles. The fourth-order valence-corrected chi connectivity index (χ4v) is 3.65. The third-order valence-electron chi connectivity index (χ3n) is 5.43. The van der Waals surface area contributed by atoms with E-state index in [4.69, 9.17) is 4.74 Å².